The molecule has 110 valence electrons. The quantitative estimate of drug-likeness (QED) is 0.505. The molecular weight excluding hydrogens is 254 g/mol. The molecule has 0 fully saturated rings. The number of carbonyl (C=O) groups is 1. The highest BCUT2D eigenvalue weighted by molar-refractivity contribution is 5.93. The van der Waals surface area contributed by atoms with E-state index in [2.05, 4.69) is 16.4 Å². The molecule has 0 atom stereocenters. The van der Waals surface area contributed by atoms with Crippen molar-refractivity contribution in [2.45, 2.75) is 40.2 Å². The van der Waals surface area contributed by atoms with Crippen molar-refractivity contribution in [2.75, 3.05) is 11.9 Å². The van der Waals surface area contributed by atoms with Gasteiger partial charge >= 0.3 is 5.97 Å². The molecule has 1 rings (SSSR count). The first kappa shape index (κ1) is 16.0. The van der Waals surface area contributed by atoms with Crippen LogP contribution in [0.2, 0.25) is 0 Å². The number of hydrogen-bond donors (Lipinski definition) is 2. The Hall–Kier alpha value is -2.04. The van der Waals surface area contributed by atoms with Gasteiger partial charge in [0, 0.05) is 5.69 Å². The van der Waals surface area contributed by atoms with Crippen LogP contribution in [0.3, 0.4) is 0 Å². The molecule has 0 unspecified atom stereocenters. The topological polar surface area (TPSA) is 76.7 Å². The molecule has 0 aliphatic heterocycles. The van der Waals surface area contributed by atoms with Crippen LogP contribution in [0, 0.1) is 13.8 Å². The molecule has 0 radical (unpaired) electrons. The summed E-state index contributed by atoms with van der Waals surface area (Å²) in [5.74, 6) is -0.205. The lowest BCUT2D eigenvalue weighted by atomic mass is 10.1. The smallest absolute Gasteiger partial charge is 0.328 e. The zero-order chi connectivity index (χ0) is 15.3. The van der Waals surface area contributed by atoms with E-state index in [1.165, 1.54) is 0 Å². The lowest BCUT2D eigenvalue weighted by Gasteiger charge is -2.18. The maximum absolute atomic E-state index is 11.5. The van der Waals surface area contributed by atoms with Gasteiger partial charge < -0.3 is 15.8 Å². The molecule has 0 spiro atoms. The molecule has 5 heteroatoms. The Balaban J connectivity index is 2.60. The molecular formula is C15H23N3O2. The fraction of sp³-hybridized carbons (Fsp3) is 0.467. The standard InChI is InChI=1S/C15H23N3O2/c1-10-6-11(2)8-12(7-10)18-14(16)17-9-13(19)20-15(3,4)5/h6-8H,9H2,1-5H3,(H3,16,17,18). The normalized spacial score (nSPS) is 12.2. The molecule has 20 heavy (non-hydrogen) atoms. The molecule has 3 N–H and O–H groups in total. The first-order valence-corrected chi connectivity index (χ1v) is 6.53. The zero-order valence-electron chi connectivity index (χ0n) is 12.8. The number of aryl methyl sites for hydroxylation is 2. The van der Waals surface area contributed by atoms with Crippen molar-refractivity contribution in [1.82, 2.24) is 0 Å². The third-order valence-corrected chi connectivity index (χ3v) is 2.29. The van der Waals surface area contributed by atoms with Gasteiger partial charge in [-0.15, -0.1) is 0 Å². The number of nitrogens with one attached hydrogen (secondary N) is 1. The van der Waals surface area contributed by atoms with Crippen molar-refractivity contribution < 1.29 is 9.53 Å². The fourth-order valence-corrected chi connectivity index (χ4v) is 1.76. The van der Waals surface area contributed by atoms with Gasteiger partial charge in [0.2, 0.25) is 0 Å². The molecule has 0 bridgehead atoms. The van der Waals surface area contributed by atoms with Crippen molar-refractivity contribution in [3.05, 3.63) is 29.3 Å². The Morgan fingerprint density at radius 3 is 2.30 bits per heavy atom. The van der Waals surface area contributed by atoms with Gasteiger partial charge in [0.25, 0.3) is 0 Å². The maximum Gasteiger partial charge on any atom is 0.328 e. The minimum Gasteiger partial charge on any atom is -0.459 e. The second kappa shape index (κ2) is 6.41. The minimum absolute atomic E-state index is 0.0963. The largest absolute Gasteiger partial charge is 0.459 e. The molecule has 0 amide bonds. The molecule has 0 heterocycles. The van der Waals surface area contributed by atoms with E-state index < -0.39 is 11.6 Å². The number of rotatable bonds is 3. The monoisotopic (exact) mass is 277 g/mol. The van der Waals surface area contributed by atoms with Crippen molar-refractivity contribution in [2.24, 2.45) is 10.7 Å². The van der Waals surface area contributed by atoms with Gasteiger partial charge in [-0.25, -0.2) is 4.99 Å². The molecule has 1 aromatic rings. The minimum atomic E-state index is -0.511. The van der Waals surface area contributed by atoms with E-state index in [4.69, 9.17) is 10.5 Å². The van der Waals surface area contributed by atoms with E-state index in [9.17, 15) is 4.79 Å². The lowest BCUT2D eigenvalue weighted by molar-refractivity contribution is -0.152. The Morgan fingerprint density at radius 2 is 1.80 bits per heavy atom. The number of nitrogens with two attached hydrogens (primary N) is 1. The van der Waals surface area contributed by atoms with Gasteiger partial charge in [0.15, 0.2) is 5.96 Å². The van der Waals surface area contributed by atoms with Crippen LogP contribution in [0.1, 0.15) is 31.9 Å². The Labute approximate surface area is 120 Å². The Morgan fingerprint density at radius 1 is 1.25 bits per heavy atom. The van der Waals surface area contributed by atoms with E-state index in [1.54, 1.807) is 0 Å². The van der Waals surface area contributed by atoms with Crippen LogP contribution in [0.5, 0.6) is 0 Å². The third kappa shape index (κ3) is 6.22. The van der Waals surface area contributed by atoms with Crippen molar-refractivity contribution >= 4 is 17.6 Å². The lowest BCUT2D eigenvalue weighted by Crippen LogP contribution is -2.28. The highest BCUT2D eigenvalue weighted by Crippen LogP contribution is 2.13. The summed E-state index contributed by atoms with van der Waals surface area (Å²) in [4.78, 5) is 15.5. The van der Waals surface area contributed by atoms with Gasteiger partial charge in [-0.05, 0) is 57.9 Å². The molecule has 1 aromatic carbocycles. The summed E-state index contributed by atoms with van der Waals surface area (Å²) in [5, 5.41) is 2.96. The predicted molar refractivity (Wildman–Crippen MR) is 81.9 cm³/mol. The molecule has 0 aliphatic rings. The Kier molecular flexibility index (Phi) is 5.13. The van der Waals surface area contributed by atoms with E-state index in [-0.39, 0.29) is 12.5 Å². The number of ether oxygens (including phenoxy) is 1. The summed E-state index contributed by atoms with van der Waals surface area (Å²) < 4.78 is 5.15. The van der Waals surface area contributed by atoms with E-state index in [0.29, 0.717) is 0 Å². The van der Waals surface area contributed by atoms with E-state index in [1.807, 2.05) is 46.8 Å². The third-order valence-electron chi connectivity index (χ3n) is 2.29. The van der Waals surface area contributed by atoms with Crippen LogP contribution in [0.4, 0.5) is 5.69 Å². The second-order valence-electron chi connectivity index (χ2n) is 5.79. The van der Waals surface area contributed by atoms with Crippen molar-refractivity contribution in [3.63, 3.8) is 0 Å². The molecule has 0 saturated carbocycles. The maximum atomic E-state index is 11.5. The van der Waals surface area contributed by atoms with Gasteiger partial charge in [-0.3, -0.25) is 4.79 Å². The highest BCUT2D eigenvalue weighted by atomic mass is 16.6. The number of hydrogen-bond acceptors (Lipinski definition) is 3. The summed E-state index contributed by atoms with van der Waals surface area (Å²) in [6.45, 7) is 9.35. The summed E-state index contributed by atoms with van der Waals surface area (Å²) in [6, 6.07) is 5.99. The van der Waals surface area contributed by atoms with Crippen LogP contribution < -0.4 is 11.1 Å². The number of anilines is 1. The van der Waals surface area contributed by atoms with Gasteiger partial charge in [0.1, 0.15) is 12.1 Å². The van der Waals surface area contributed by atoms with Gasteiger partial charge in [-0.1, -0.05) is 6.07 Å². The van der Waals surface area contributed by atoms with Crippen LogP contribution in [-0.2, 0) is 9.53 Å². The SMILES string of the molecule is Cc1cc(C)cc(NC(N)=NCC(=O)OC(C)(C)C)c1. The molecule has 0 aromatic heterocycles. The summed E-state index contributed by atoms with van der Waals surface area (Å²) in [6.07, 6.45) is 0. The zero-order valence-corrected chi connectivity index (χ0v) is 12.8. The summed E-state index contributed by atoms with van der Waals surface area (Å²) >= 11 is 0. The molecule has 0 saturated heterocycles. The summed E-state index contributed by atoms with van der Waals surface area (Å²) in [5.41, 5.74) is 8.36. The Bertz CT molecular complexity index is 496. The van der Waals surface area contributed by atoms with Crippen LogP contribution in [0.25, 0.3) is 0 Å². The average molecular weight is 277 g/mol. The van der Waals surface area contributed by atoms with Crippen LogP contribution in [-0.4, -0.2) is 24.1 Å². The predicted octanol–water partition coefficient (Wildman–Crippen LogP) is 2.37. The first-order chi connectivity index (χ1) is 9.15. The number of esters is 1. The summed E-state index contributed by atoms with van der Waals surface area (Å²) in [7, 11) is 0. The van der Waals surface area contributed by atoms with Gasteiger partial charge in [-0.2, -0.15) is 0 Å². The number of aliphatic imine (C=N–C) groups is 1. The number of benzene rings is 1. The van der Waals surface area contributed by atoms with E-state index >= 15 is 0 Å². The van der Waals surface area contributed by atoms with Crippen molar-refractivity contribution in [3.8, 4) is 0 Å². The number of carbonyl (C=O) groups excluding carboxylic acids is 1. The second-order valence-corrected chi connectivity index (χ2v) is 5.79. The molecule has 5 nitrogen and oxygen atoms in total. The van der Waals surface area contributed by atoms with Crippen LogP contribution >= 0.6 is 0 Å². The van der Waals surface area contributed by atoms with Crippen molar-refractivity contribution in [1.29, 1.82) is 0 Å². The number of nitrogens with zero attached hydrogens (tertiary/aromatic N) is 1. The van der Waals surface area contributed by atoms with E-state index in [0.717, 1.165) is 16.8 Å². The first-order valence-electron chi connectivity index (χ1n) is 6.53. The average Bonchev–Trinajstić information content (AvgIpc) is 2.22. The van der Waals surface area contributed by atoms with Gasteiger partial charge in [0.05, 0.1) is 0 Å². The molecule has 0 aliphatic carbocycles. The fourth-order valence-electron chi connectivity index (χ4n) is 1.76. The number of guanidine groups is 1. The highest BCUT2D eigenvalue weighted by Gasteiger charge is 2.15. The van der Waals surface area contributed by atoms with Crippen LogP contribution in [0.15, 0.2) is 23.2 Å².